The van der Waals surface area contributed by atoms with Gasteiger partial charge in [0, 0.05) is 21.3 Å². The van der Waals surface area contributed by atoms with Gasteiger partial charge >= 0.3 is 0 Å². The van der Waals surface area contributed by atoms with Gasteiger partial charge in [0.1, 0.15) is 16.3 Å². The minimum absolute atomic E-state index is 0.303. The molecule has 0 saturated heterocycles. The Kier molecular flexibility index (Phi) is 3.40. The number of benzene rings is 1. The number of nitrogens with zero attached hydrogens (tertiary/aromatic N) is 1. The third-order valence-corrected chi connectivity index (χ3v) is 3.68. The van der Waals surface area contributed by atoms with Crippen LogP contribution in [0, 0.1) is 24.3 Å². The molecule has 1 aromatic carbocycles. The summed E-state index contributed by atoms with van der Waals surface area (Å²) in [5.41, 5.74) is 2.55. The lowest BCUT2D eigenvalue weighted by molar-refractivity contribution is 0.628. The van der Waals surface area contributed by atoms with E-state index >= 15 is 0 Å². The summed E-state index contributed by atoms with van der Waals surface area (Å²) in [5.74, 6) is 0.270. The summed E-state index contributed by atoms with van der Waals surface area (Å²) in [6.07, 6.45) is 0. The minimum Gasteiger partial charge on any atom is -0.343 e. The third-order valence-electron chi connectivity index (χ3n) is 2.59. The number of aryl methyl sites for hydroxylation is 1. The van der Waals surface area contributed by atoms with Crippen LogP contribution in [0.25, 0.3) is 11.4 Å². The van der Waals surface area contributed by atoms with Gasteiger partial charge in [-0.15, -0.1) is 0 Å². The van der Waals surface area contributed by atoms with Crippen LogP contribution in [-0.2, 0) is 0 Å². The molecule has 88 valence electrons. The maximum absolute atomic E-state index is 13.2. The number of rotatable bonds is 1. The lowest BCUT2D eigenvalue weighted by Gasteiger charge is -2.07. The first-order chi connectivity index (χ1) is 7.99. The molecule has 5 heteroatoms. The molecule has 1 aromatic heterocycles. The number of hydrogen-bond acceptors (Lipinski definition) is 2. The SMILES string of the molecule is Cc1[nH]c(-c2cc(F)ccc2Br)nc(=S)c1C. The van der Waals surface area contributed by atoms with E-state index in [-0.39, 0.29) is 5.82 Å². The van der Waals surface area contributed by atoms with Gasteiger partial charge in [-0.2, -0.15) is 0 Å². The maximum Gasteiger partial charge on any atom is 0.140 e. The Balaban J connectivity index is 2.69. The molecule has 0 bridgehead atoms. The van der Waals surface area contributed by atoms with Crippen molar-refractivity contribution < 1.29 is 4.39 Å². The second kappa shape index (κ2) is 4.66. The molecule has 0 saturated carbocycles. The van der Waals surface area contributed by atoms with Crippen molar-refractivity contribution in [1.82, 2.24) is 9.97 Å². The lowest BCUT2D eigenvalue weighted by Crippen LogP contribution is -1.97. The molecule has 0 atom stereocenters. The lowest BCUT2D eigenvalue weighted by atomic mass is 10.2. The van der Waals surface area contributed by atoms with Gasteiger partial charge in [0.05, 0.1) is 0 Å². The summed E-state index contributed by atoms with van der Waals surface area (Å²) < 4.78 is 14.5. The van der Waals surface area contributed by atoms with Crippen LogP contribution in [0.3, 0.4) is 0 Å². The van der Waals surface area contributed by atoms with E-state index in [0.717, 1.165) is 15.7 Å². The number of aromatic amines is 1. The third kappa shape index (κ3) is 2.45. The molecule has 0 aliphatic heterocycles. The van der Waals surface area contributed by atoms with Crippen molar-refractivity contribution in [2.45, 2.75) is 13.8 Å². The largest absolute Gasteiger partial charge is 0.343 e. The van der Waals surface area contributed by atoms with E-state index in [2.05, 4.69) is 25.9 Å². The van der Waals surface area contributed by atoms with Gasteiger partial charge in [0.2, 0.25) is 0 Å². The van der Waals surface area contributed by atoms with Crippen LogP contribution >= 0.6 is 28.1 Å². The monoisotopic (exact) mass is 312 g/mol. The van der Waals surface area contributed by atoms with Crippen LogP contribution < -0.4 is 0 Å². The van der Waals surface area contributed by atoms with E-state index in [1.807, 2.05) is 13.8 Å². The first-order valence-corrected chi connectivity index (χ1v) is 6.22. The van der Waals surface area contributed by atoms with E-state index in [1.165, 1.54) is 12.1 Å². The van der Waals surface area contributed by atoms with Gasteiger partial charge in [0.25, 0.3) is 0 Å². The van der Waals surface area contributed by atoms with Crippen LogP contribution in [0.1, 0.15) is 11.3 Å². The second-order valence-corrected chi connectivity index (χ2v) is 5.01. The van der Waals surface area contributed by atoms with Gasteiger partial charge in [-0.3, -0.25) is 0 Å². The maximum atomic E-state index is 13.2. The van der Waals surface area contributed by atoms with Gasteiger partial charge in [0.15, 0.2) is 0 Å². The zero-order valence-electron chi connectivity index (χ0n) is 9.34. The smallest absolute Gasteiger partial charge is 0.140 e. The van der Waals surface area contributed by atoms with Crippen molar-refractivity contribution in [3.05, 3.63) is 44.4 Å². The van der Waals surface area contributed by atoms with Gasteiger partial charge in [-0.25, -0.2) is 9.37 Å². The molecule has 0 unspecified atom stereocenters. The van der Waals surface area contributed by atoms with E-state index in [0.29, 0.717) is 16.0 Å². The topological polar surface area (TPSA) is 28.7 Å². The average molecular weight is 313 g/mol. The molecule has 0 amide bonds. The first-order valence-electron chi connectivity index (χ1n) is 5.02. The van der Waals surface area contributed by atoms with Crippen LogP contribution in [0.15, 0.2) is 22.7 Å². The van der Waals surface area contributed by atoms with Crippen LogP contribution in [0.5, 0.6) is 0 Å². The Hall–Kier alpha value is -1.07. The number of aromatic nitrogens is 2. The summed E-state index contributed by atoms with van der Waals surface area (Å²) in [5, 5.41) is 0. The van der Waals surface area contributed by atoms with Gasteiger partial charge in [-0.05, 0) is 32.0 Å². The summed E-state index contributed by atoms with van der Waals surface area (Å²) in [4.78, 5) is 7.39. The normalized spacial score (nSPS) is 10.6. The van der Waals surface area contributed by atoms with E-state index < -0.39 is 0 Å². The van der Waals surface area contributed by atoms with E-state index in [1.54, 1.807) is 6.07 Å². The number of hydrogen-bond donors (Lipinski definition) is 1. The summed E-state index contributed by atoms with van der Waals surface area (Å²) >= 11 is 8.54. The summed E-state index contributed by atoms with van der Waals surface area (Å²) in [6.45, 7) is 3.83. The Labute approximate surface area is 112 Å². The predicted molar refractivity (Wildman–Crippen MR) is 72.0 cm³/mol. The molecule has 0 aliphatic rings. The Morgan fingerprint density at radius 1 is 1.35 bits per heavy atom. The highest BCUT2D eigenvalue weighted by Crippen LogP contribution is 2.26. The van der Waals surface area contributed by atoms with Crippen molar-refractivity contribution in [1.29, 1.82) is 0 Å². The first kappa shape index (κ1) is 12.4. The van der Waals surface area contributed by atoms with Gasteiger partial charge < -0.3 is 4.98 Å². The predicted octanol–water partition coefficient (Wildman–Crippen LogP) is 4.32. The molecule has 0 fully saturated rings. The Bertz CT molecular complexity index is 637. The zero-order chi connectivity index (χ0) is 12.6. The molecule has 2 rings (SSSR count). The number of H-pyrrole nitrogens is 1. The average Bonchev–Trinajstić information content (AvgIpc) is 2.28. The minimum atomic E-state index is -0.303. The standard InChI is InChI=1S/C12H10BrFN2S/c1-6-7(2)15-11(16-12(6)17)9-5-8(14)3-4-10(9)13/h3-5H,1-2H3,(H,15,16,17). The molecule has 0 spiro atoms. The molecule has 0 aliphatic carbocycles. The van der Waals surface area contributed by atoms with E-state index in [4.69, 9.17) is 12.2 Å². The zero-order valence-corrected chi connectivity index (χ0v) is 11.7. The molecule has 0 radical (unpaired) electrons. The summed E-state index contributed by atoms with van der Waals surface area (Å²) in [6, 6.07) is 4.47. The second-order valence-electron chi connectivity index (χ2n) is 3.76. The van der Waals surface area contributed by atoms with Crippen LogP contribution in [0.2, 0.25) is 0 Å². The fourth-order valence-electron chi connectivity index (χ4n) is 1.45. The van der Waals surface area contributed by atoms with Gasteiger partial charge in [-0.1, -0.05) is 28.1 Å². The van der Waals surface area contributed by atoms with Crippen molar-refractivity contribution in [2.24, 2.45) is 0 Å². The van der Waals surface area contributed by atoms with Crippen molar-refractivity contribution in [3.63, 3.8) is 0 Å². The van der Waals surface area contributed by atoms with Crippen LogP contribution in [0.4, 0.5) is 4.39 Å². The molecule has 17 heavy (non-hydrogen) atoms. The molecule has 1 heterocycles. The highest BCUT2D eigenvalue weighted by Gasteiger charge is 2.08. The van der Waals surface area contributed by atoms with Crippen molar-refractivity contribution in [3.8, 4) is 11.4 Å². The quantitative estimate of drug-likeness (QED) is 0.794. The van der Waals surface area contributed by atoms with Crippen LogP contribution in [-0.4, -0.2) is 9.97 Å². The summed E-state index contributed by atoms with van der Waals surface area (Å²) in [7, 11) is 0. The number of nitrogens with one attached hydrogen (secondary N) is 1. The Morgan fingerprint density at radius 3 is 2.71 bits per heavy atom. The number of halogens is 2. The highest BCUT2D eigenvalue weighted by atomic mass is 79.9. The van der Waals surface area contributed by atoms with E-state index in [9.17, 15) is 4.39 Å². The fraction of sp³-hybridized carbons (Fsp3) is 0.167. The molecule has 2 nitrogen and oxygen atoms in total. The molecular weight excluding hydrogens is 303 g/mol. The molecule has 2 aromatic rings. The molecule has 1 N–H and O–H groups in total. The fourth-order valence-corrected chi connectivity index (χ4v) is 2.13. The highest BCUT2D eigenvalue weighted by molar-refractivity contribution is 9.10. The Morgan fingerprint density at radius 2 is 2.06 bits per heavy atom. The van der Waals surface area contributed by atoms with Crippen molar-refractivity contribution >= 4 is 28.1 Å². The van der Waals surface area contributed by atoms with Crippen molar-refractivity contribution in [2.75, 3.05) is 0 Å². The molecular formula is C12H10BrFN2S.